The Kier molecular flexibility index (Phi) is 5.21. The van der Waals surface area contributed by atoms with Crippen LogP contribution in [-0.4, -0.2) is 28.7 Å². The second kappa shape index (κ2) is 6.27. The van der Waals surface area contributed by atoms with Crippen LogP contribution in [-0.2, 0) is 14.8 Å². The number of hydrogen-bond donors (Lipinski definition) is 2. The fraction of sp³-hybridized carbons (Fsp3) is 0.455. The highest BCUT2D eigenvalue weighted by atomic mass is 32.2. The van der Waals surface area contributed by atoms with Crippen LogP contribution in [0.15, 0.2) is 17.0 Å². The van der Waals surface area contributed by atoms with Crippen LogP contribution in [0.1, 0.15) is 6.92 Å². The third-order valence-corrected chi connectivity index (χ3v) is 3.89. The smallest absolute Gasteiger partial charge is 0.243 e. The fourth-order valence-electron chi connectivity index (χ4n) is 1.43. The van der Waals surface area contributed by atoms with Gasteiger partial charge in [-0.1, -0.05) is 6.92 Å². The number of halogens is 2. The Morgan fingerprint density at radius 1 is 1.42 bits per heavy atom. The number of benzene rings is 1. The zero-order valence-electron chi connectivity index (χ0n) is 10.6. The van der Waals surface area contributed by atoms with E-state index in [-0.39, 0.29) is 12.5 Å². The Morgan fingerprint density at radius 3 is 2.63 bits per heavy atom. The number of hydrogen-bond acceptors (Lipinski definition) is 4. The molecule has 0 spiro atoms. The molecule has 108 valence electrons. The molecule has 5 nitrogen and oxygen atoms in total. The maximum Gasteiger partial charge on any atom is 0.243 e. The summed E-state index contributed by atoms with van der Waals surface area (Å²) < 4.78 is 57.4. The standard InChI is InChI=1S/C11H16F2N2O3S/c1-7(6-18-2)5-15-19(16,17)9-4-3-8(12)11(14)10(9)13/h3-4,7,15H,5-6,14H2,1-2H3. The molecule has 1 rings (SSSR count). The van der Waals surface area contributed by atoms with Crippen LogP contribution >= 0.6 is 0 Å². The Morgan fingerprint density at radius 2 is 2.05 bits per heavy atom. The molecule has 1 aromatic rings. The van der Waals surface area contributed by atoms with Crippen molar-refractivity contribution in [2.24, 2.45) is 5.92 Å². The molecule has 0 aliphatic carbocycles. The van der Waals surface area contributed by atoms with E-state index >= 15 is 0 Å². The summed E-state index contributed by atoms with van der Waals surface area (Å²) in [6.07, 6.45) is 0. The van der Waals surface area contributed by atoms with E-state index in [1.165, 1.54) is 7.11 Å². The Balaban J connectivity index is 2.92. The molecule has 0 aliphatic rings. The summed E-state index contributed by atoms with van der Waals surface area (Å²) in [5, 5.41) is 0. The Hall–Kier alpha value is -1.25. The lowest BCUT2D eigenvalue weighted by molar-refractivity contribution is 0.161. The van der Waals surface area contributed by atoms with Crippen molar-refractivity contribution in [2.45, 2.75) is 11.8 Å². The molecule has 0 aliphatic heterocycles. The van der Waals surface area contributed by atoms with Crippen molar-refractivity contribution in [3.8, 4) is 0 Å². The van der Waals surface area contributed by atoms with Gasteiger partial charge in [0.2, 0.25) is 10.0 Å². The Bertz CT molecular complexity index is 549. The van der Waals surface area contributed by atoms with Gasteiger partial charge in [-0.15, -0.1) is 0 Å². The van der Waals surface area contributed by atoms with Crippen molar-refractivity contribution in [1.29, 1.82) is 0 Å². The van der Waals surface area contributed by atoms with Crippen LogP contribution in [0, 0.1) is 17.6 Å². The van der Waals surface area contributed by atoms with Crippen molar-refractivity contribution in [1.82, 2.24) is 4.72 Å². The van der Waals surface area contributed by atoms with Gasteiger partial charge in [0, 0.05) is 20.3 Å². The van der Waals surface area contributed by atoms with Crippen LogP contribution < -0.4 is 10.5 Å². The van der Waals surface area contributed by atoms with Gasteiger partial charge in [0.05, 0.1) is 0 Å². The van der Waals surface area contributed by atoms with Gasteiger partial charge in [-0.25, -0.2) is 21.9 Å². The highest BCUT2D eigenvalue weighted by Crippen LogP contribution is 2.22. The van der Waals surface area contributed by atoms with Crippen LogP contribution in [0.3, 0.4) is 0 Å². The van der Waals surface area contributed by atoms with E-state index in [4.69, 9.17) is 10.5 Å². The lowest BCUT2D eigenvalue weighted by atomic mass is 10.2. The maximum absolute atomic E-state index is 13.6. The van der Waals surface area contributed by atoms with Crippen LogP contribution in [0.2, 0.25) is 0 Å². The zero-order valence-corrected chi connectivity index (χ0v) is 11.4. The third-order valence-electron chi connectivity index (χ3n) is 2.45. The lowest BCUT2D eigenvalue weighted by Gasteiger charge is -2.13. The molecule has 0 fully saturated rings. The molecule has 1 aromatic carbocycles. The number of rotatable bonds is 6. The number of anilines is 1. The van der Waals surface area contributed by atoms with E-state index in [0.29, 0.717) is 6.61 Å². The number of methoxy groups -OCH3 is 1. The first-order valence-electron chi connectivity index (χ1n) is 5.51. The van der Waals surface area contributed by atoms with Gasteiger partial charge in [0.15, 0.2) is 5.82 Å². The van der Waals surface area contributed by atoms with Gasteiger partial charge in [-0.2, -0.15) is 0 Å². The fourth-order valence-corrected chi connectivity index (χ4v) is 2.68. The van der Waals surface area contributed by atoms with Gasteiger partial charge < -0.3 is 10.5 Å². The molecule has 1 unspecified atom stereocenters. The van der Waals surface area contributed by atoms with Crippen molar-refractivity contribution in [3.05, 3.63) is 23.8 Å². The van der Waals surface area contributed by atoms with Crippen molar-refractivity contribution in [3.63, 3.8) is 0 Å². The number of nitrogen functional groups attached to an aromatic ring is 1. The topological polar surface area (TPSA) is 81.4 Å². The van der Waals surface area contributed by atoms with Crippen molar-refractivity contribution < 1.29 is 21.9 Å². The summed E-state index contributed by atoms with van der Waals surface area (Å²) >= 11 is 0. The first-order valence-corrected chi connectivity index (χ1v) is 7.00. The summed E-state index contributed by atoms with van der Waals surface area (Å²) in [4.78, 5) is -0.670. The van der Waals surface area contributed by atoms with Crippen LogP contribution in [0.4, 0.5) is 14.5 Å². The minimum Gasteiger partial charge on any atom is -0.394 e. The summed E-state index contributed by atoms with van der Waals surface area (Å²) in [7, 11) is -2.58. The quantitative estimate of drug-likeness (QED) is 0.770. The van der Waals surface area contributed by atoms with E-state index in [1.54, 1.807) is 6.92 Å². The predicted molar refractivity (Wildman–Crippen MR) is 67.0 cm³/mol. The molecule has 19 heavy (non-hydrogen) atoms. The minimum atomic E-state index is -4.07. The molecular formula is C11H16F2N2O3S. The molecule has 3 N–H and O–H groups in total. The van der Waals surface area contributed by atoms with E-state index in [1.807, 2.05) is 0 Å². The van der Waals surface area contributed by atoms with Gasteiger partial charge >= 0.3 is 0 Å². The highest BCUT2D eigenvalue weighted by molar-refractivity contribution is 7.89. The highest BCUT2D eigenvalue weighted by Gasteiger charge is 2.22. The van der Waals surface area contributed by atoms with Crippen LogP contribution in [0.5, 0.6) is 0 Å². The number of sulfonamides is 1. The van der Waals surface area contributed by atoms with E-state index in [2.05, 4.69) is 4.72 Å². The average molecular weight is 294 g/mol. The minimum absolute atomic E-state index is 0.0763. The van der Waals surface area contributed by atoms with Gasteiger partial charge in [-0.3, -0.25) is 0 Å². The summed E-state index contributed by atoms with van der Waals surface area (Å²) in [5.41, 5.74) is 4.31. The molecule has 1 atom stereocenters. The van der Waals surface area contributed by atoms with Gasteiger partial charge in [0.25, 0.3) is 0 Å². The summed E-state index contributed by atoms with van der Waals surface area (Å²) in [5.74, 6) is -2.36. The molecule has 0 amide bonds. The molecular weight excluding hydrogens is 278 g/mol. The second-order valence-corrected chi connectivity index (χ2v) is 5.92. The van der Waals surface area contributed by atoms with E-state index in [9.17, 15) is 17.2 Å². The molecule has 8 heteroatoms. The largest absolute Gasteiger partial charge is 0.394 e. The van der Waals surface area contributed by atoms with Gasteiger partial charge in [-0.05, 0) is 18.1 Å². The number of ether oxygens (including phenoxy) is 1. The molecule has 0 bridgehead atoms. The van der Waals surface area contributed by atoms with Crippen molar-refractivity contribution >= 4 is 15.7 Å². The monoisotopic (exact) mass is 294 g/mol. The van der Waals surface area contributed by atoms with E-state index < -0.39 is 32.2 Å². The lowest BCUT2D eigenvalue weighted by Crippen LogP contribution is -2.30. The number of nitrogens with two attached hydrogens (primary N) is 1. The SMILES string of the molecule is COCC(C)CNS(=O)(=O)c1ccc(F)c(N)c1F. The average Bonchev–Trinajstić information content (AvgIpc) is 2.34. The molecule has 0 radical (unpaired) electrons. The molecule has 0 aromatic heterocycles. The van der Waals surface area contributed by atoms with Gasteiger partial charge in [0.1, 0.15) is 16.4 Å². The summed E-state index contributed by atoms with van der Waals surface area (Å²) in [6, 6.07) is 1.65. The number of nitrogens with one attached hydrogen (secondary N) is 1. The normalized spacial score (nSPS) is 13.5. The predicted octanol–water partition coefficient (Wildman–Crippen LogP) is 1.11. The van der Waals surface area contributed by atoms with E-state index in [0.717, 1.165) is 12.1 Å². The molecule has 0 heterocycles. The molecule has 0 saturated heterocycles. The first-order chi connectivity index (χ1) is 8.79. The first kappa shape index (κ1) is 15.8. The van der Waals surface area contributed by atoms with Crippen molar-refractivity contribution in [2.75, 3.05) is 26.0 Å². The zero-order chi connectivity index (χ0) is 14.6. The summed E-state index contributed by atoms with van der Waals surface area (Å²) in [6.45, 7) is 2.20. The van der Waals surface area contributed by atoms with Crippen LogP contribution in [0.25, 0.3) is 0 Å². The molecule has 0 saturated carbocycles. The Labute approximate surface area is 110 Å². The second-order valence-electron chi connectivity index (χ2n) is 4.19. The maximum atomic E-state index is 13.6. The third kappa shape index (κ3) is 3.85.